The Labute approximate surface area is 95.7 Å². The number of ether oxygens (including phenoxy) is 2. The molecule has 16 heavy (non-hydrogen) atoms. The topological polar surface area (TPSA) is 35.5 Å². The molecule has 1 aromatic rings. The Morgan fingerprint density at radius 3 is 2.44 bits per heavy atom. The molecular weight excluding hydrogens is 204 g/mol. The first kappa shape index (κ1) is 12.3. The van der Waals surface area contributed by atoms with E-state index in [1.54, 1.807) is 0 Å². The predicted octanol–water partition coefficient (Wildman–Crippen LogP) is 2.22. The third-order valence-electron chi connectivity index (χ3n) is 1.84. The third kappa shape index (κ3) is 4.17. The number of benzene rings is 1. The Bertz CT molecular complexity index is 357. The van der Waals surface area contributed by atoms with E-state index in [4.69, 9.17) is 18.6 Å². The van der Waals surface area contributed by atoms with Crippen LogP contribution in [0, 0.1) is 13.8 Å². The van der Waals surface area contributed by atoms with Gasteiger partial charge in [-0.1, -0.05) is 36.9 Å². The summed E-state index contributed by atoms with van der Waals surface area (Å²) < 4.78 is 9.91. The van der Waals surface area contributed by atoms with Crippen molar-refractivity contribution in [2.24, 2.45) is 0 Å². The van der Waals surface area contributed by atoms with Crippen molar-refractivity contribution in [2.75, 3.05) is 6.61 Å². The predicted molar refractivity (Wildman–Crippen MR) is 59.0 cm³/mol. The summed E-state index contributed by atoms with van der Waals surface area (Å²) in [4.78, 5) is 10.5. The molecule has 4 radical (unpaired) electrons. The first-order valence-corrected chi connectivity index (χ1v) is 4.68. The van der Waals surface area contributed by atoms with Crippen molar-refractivity contribution >= 4 is 5.97 Å². The van der Waals surface area contributed by atoms with Gasteiger partial charge in [-0.05, 0) is 5.56 Å². The van der Waals surface area contributed by atoms with Gasteiger partial charge < -0.3 is 9.47 Å². The average molecular weight is 216 g/mol. The molecule has 82 valence electrons. The molecule has 0 aromatic heterocycles. The van der Waals surface area contributed by atoms with Gasteiger partial charge in [-0.25, -0.2) is 0 Å². The summed E-state index contributed by atoms with van der Waals surface area (Å²) in [6, 6.07) is 9.22. The average Bonchev–Trinajstić information content (AvgIpc) is 2.25. The molecule has 1 rings (SSSR count). The van der Waals surface area contributed by atoms with Crippen molar-refractivity contribution < 1.29 is 14.3 Å². The summed E-state index contributed by atoms with van der Waals surface area (Å²) in [5.41, 5.74) is 0.829. The van der Waals surface area contributed by atoms with Gasteiger partial charge >= 0.3 is 5.97 Å². The van der Waals surface area contributed by atoms with Crippen LogP contribution in [-0.2, 0) is 14.3 Å². The fourth-order valence-corrected chi connectivity index (χ4v) is 1.21. The Morgan fingerprint density at radius 1 is 1.31 bits per heavy atom. The van der Waals surface area contributed by atoms with E-state index in [1.807, 2.05) is 30.3 Å². The van der Waals surface area contributed by atoms with Crippen LogP contribution in [0.5, 0.6) is 0 Å². The van der Waals surface area contributed by atoms with E-state index in [-0.39, 0.29) is 12.4 Å². The quantitative estimate of drug-likeness (QED) is 0.559. The van der Waals surface area contributed by atoms with Crippen molar-refractivity contribution in [3.05, 3.63) is 62.1 Å². The lowest BCUT2D eigenvalue weighted by Gasteiger charge is -2.18. The first-order valence-electron chi connectivity index (χ1n) is 4.68. The Morgan fingerprint density at radius 2 is 1.94 bits per heavy atom. The second-order valence-electron chi connectivity index (χ2n) is 3.11. The van der Waals surface area contributed by atoms with Crippen molar-refractivity contribution in [2.45, 2.75) is 6.10 Å². The van der Waals surface area contributed by atoms with Crippen LogP contribution in [0.2, 0.25) is 0 Å². The zero-order chi connectivity index (χ0) is 12.0. The van der Waals surface area contributed by atoms with Gasteiger partial charge in [0.1, 0.15) is 6.61 Å². The molecule has 0 saturated heterocycles. The highest BCUT2D eigenvalue weighted by molar-refractivity contribution is 5.73. The van der Waals surface area contributed by atoms with Gasteiger partial charge in [0.2, 0.25) is 0 Å². The molecule has 0 spiro atoms. The maximum Gasteiger partial charge on any atom is 0.310 e. The number of allylic oxidation sites excluding steroid dienone is 1. The van der Waals surface area contributed by atoms with E-state index < -0.39 is 12.1 Å². The van der Waals surface area contributed by atoms with Gasteiger partial charge in [0.15, 0.2) is 6.10 Å². The van der Waals surface area contributed by atoms with Crippen LogP contribution in [0.1, 0.15) is 11.7 Å². The SMILES string of the molecule is [CH]C(=C)OC(COC([CH])=O)c1ccccc1. The summed E-state index contributed by atoms with van der Waals surface area (Å²) in [7, 11) is 0. The van der Waals surface area contributed by atoms with Crippen molar-refractivity contribution in [3.8, 4) is 0 Å². The molecule has 3 nitrogen and oxygen atoms in total. The molecule has 0 saturated carbocycles. The molecule has 0 aliphatic carbocycles. The molecule has 1 unspecified atom stereocenters. The summed E-state index contributed by atoms with van der Waals surface area (Å²) in [6.07, 6.45) is -0.494. The summed E-state index contributed by atoms with van der Waals surface area (Å²) in [5.74, 6) is -0.797. The van der Waals surface area contributed by atoms with E-state index in [9.17, 15) is 4.79 Å². The highest BCUT2D eigenvalue weighted by Gasteiger charge is 2.14. The first-order chi connectivity index (χ1) is 7.59. The van der Waals surface area contributed by atoms with Crippen LogP contribution in [0.15, 0.2) is 42.7 Å². The molecular formula is C13H12O3. The largest absolute Gasteiger partial charge is 0.487 e. The van der Waals surface area contributed by atoms with E-state index in [0.717, 1.165) is 5.56 Å². The molecule has 1 atom stereocenters. The molecule has 0 aliphatic heterocycles. The molecule has 0 aliphatic rings. The molecule has 0 N–H and O–H groups in total. The molecule has 3 heteroatoms. The minimum atomic E-state index is -0.854. The van der Waals surface area contributed by atoms with Gasteiger partial charge in [0, 0.05) is 6.92 Å². The van der Waals surface area contributed by atoms with Crippen LogP contribution in [0.3, 0.4) is 0 Å². The molecule has 0 amide bonds. The lowest BCUT2D eigenvalue weighted by Crippen LogP contribution is -2.13. The number of esters is 1. The fraction of sp³-hybridized carbons (Fsp3) is 0.154. The maximum atomic E-state index is 10.5. The number of carbonyl (C=O) groups is 1. The summed E-state index contributed by atoms with van der Waals surface area (Å²) in [5, 5.41) is 0. The molecule has 1 aromatic carbocycles. The minimum Gasteiger partial charge on any atom is -0.487 e. The van der Waals surface area contributed by atoms with Gasteiger partial charge in [-0.15, -0.1) is 0 Å². The third-order valence-corrected chi connectivity index (χ3v) is 1.84. The van der Waals surface area contributed by atoms with Gasteiger partial charge in [0.05, 0.1) is 12.7 Å². The van der Waals surface area contributed by atoms with Crippen molar-refractivity contribution in [3.63, 3.8) is 0 Å². The number of rotatable bonds is 5. The van der Waals surface area contributed by atoms with Crippen LogP contribution in [0.4, 0.5) is 0 Å². The second kappa shape index (κ2) is 5.95. The molecule has 0 fully saturated rings. The zero-order valence-electron chi connectivity index (χ0n) is 8.76. The standard InChI is InChI=1S/C13H12O3/c1-10(2)16-13(9-15-11(3)14)12-7-5-4-6-8-12/h1,3-8,13H,2,9H2. The van der Waals surface area contributed by atoms with Crippen molar-refractivity contribution in [1.29, 1.82) is 0 Å². The van der Waals surface area contributed by atoms with Gasteiger partial charge in [-0.3, -0.25) is 4.79 Å². The fourth-order valence-electron chi connectivity index (χ4n) is 1.21. The maximum absolute atomic E-state index is 10.5. The summed E-state index contributed by atoms with van der Waals surface area (Å²) in [6.45, 7) is 13.7. The van der Waals surface area contributed by atoms with E-state index >= 15 is 0 Å². The second-order valence-corrected chi connectivity index (χ2v) is 3.11. The van der Waals surface area contributed by atoms with Crippen LogP contribution in [-0.4, -0.2) is 12.6 Å². The highest BCUT2D eigenvalue weighted by Crippen LogP contribution is 2.20. The number of carbonyl (C=O) groups excluding carboxylic acids is 1. The highest BCUT2D eigenvalue weighted by atomic mass is 16.6. The molecule has 0 heterocycles. The number of hydrogen-bond acceptors (Lipinski definition) is 3. The van der Waals surface area contributed by atoms with Crippen LogP contribution < -0.4 is 0 Å². The normalized spacial score (nSPS) is 11.6. The lowest BCUT2D eigenvalue weighted by molar-refractivity contribution is -0.141. The van der Waals surface area contributed by atoms with Gasteiger partial charge in [-0.2, -0.15) is 0 Å². The monoisotopic (exact) mass is 216 g/mol. The Kier molecular flexibility index (Phi) is 4.58. The Balaban J connectivity index is 2.71. The Hall–Kier alpha value is -1.77. The number of hydrogen-bond donors (Lipinski definition) is 0. The smallest absolute Gasteiger partial charge is 0.310 e. The van der Waals surface area contributed by atoms with E-state index in [2.05, 4.69) is 11.3 Å². The van der Waals surface area contributed by atoms with Crippen molar-refractivity contribution in [1.82, 2.24) is 0 Å². The summed E-state index contributed by atoms with van der Waals surface area (Å²) >= 11 is 0. The van der Waals surface area contributed by atoms with E-state index in [1.165, 1.54) is 0 Å². The van der Waals surface area contributed by atoms with E-state index in [0.29, 0.717) is 0 Å². The minimum absolute atomic E-state index is 0.00440. The van der Waals surface area contributed by atoms with Gasteiger partial charge in [0.25, 0.3) is 0 Å². The van der Waals surface area contributed by atoms with Crippen LogP contribution >= 0.6 is 0 Å². The van der Waals surface area contributed by atoms with Crippen LogP contribution in [0.25, 0.3) is 0 Å². The molecule has 0 bridgehead atoms. The lowest BCUT2D eigenvalue weighted by atomic mass is 10.1. The zero-order valence-corrected chi connectivity index (χ0v) is 8.76.